The largest absolute Gasteiger partial charge is 0.379 e. The number of hydrogen-bond donors (Lipinski definition) is 1. The number of ether oxygens (including phenoxy) is 2. The zero-order chi connectivity index (χ0) is 7.94. The molecule has 1 N–H and O–H groups in total. The molecule has 1 rings (SSSR count). The van der Waals surface area contributed by atoms with Gasteiger partial charge in [-0.25, -0.2) is 0 Å². The van der Waals surface area contributed by atoms with Crippen LogP contribution >= 0.6 is 0 Å². The van der Waals surface area contributed by atoms with E-state index in [0.717, 1.165) is 39.3 Å². The molecule has 0 aromatic carbocycles. The highest BCUT2D eigenvalue weighted by atomic mass is 16.5. The molecule has 1 unspecified atom stereocenters. The molecular formula is C8H17NO2. The van der Waals surface area contributed by atoms with E-state index >= 15 is 0 Å². The Morgan fingerprint density at radius 3 is 3.36 bits per heavy atom. The second-order valence-corrected chi connectivity index (χ2v) is 2.71. The molecule has 0 aliphatic carbocycles. The van der Waals surface area contributed by atoms with E-state index in [9.17, 15) is 0 Å². The van der Waals surface area contributed by atoms with Crippen molar-refractivity contribution < 1.29 is 9.47 Å². The third kappa shape index (κ3) is 3.70. The predicted molar refractivity (Wildman–Crippen MR) is 43.7 cm³/mol. The van der Waals surface area contributed by atoms with Crippen LogP contribution in [-0.4, -0.2) is 39.0 Å². The predicted octanol–water partition coefficient (Wildman–Crippen LogP) is 0.401. The van der Waals surface area contributed by atoms with Crippen LogP contribution in [0.2, 0.25) is 0 Å². The number of hydrogen-bond acceptors (Lipinski definition) is 3. The minimum absolute atomic E-state index is 0.262. The molecule has 0 spiro atoms. The first-order valence-corrected chi connectivity index (χ1v) is 4.33. The molecule has 0 radical (unpaired) electrons. The Balaban J connectivity index is 2.09. The molecule has 0 aromatic rings. The topological polar surface area (TPSA) is 30.5 Å². The van der Waals surface area contributed by atoms with Crippen LogP contribution in [0.25, 0.3) is 0 Å². The first kappa shape index (κ1) is 8.97. The highest BCUT2D eigenvalue weighted by molar-refractivity contribution is 4.64. The van der Waals surface area contributed by atoms with Gasteiger partial charge in [0.25, 0.3) is 0 Å². The average Bonchev–Trinajstić information content (AvgIpc) is 2.28. The van der Waals surface area contributed by atoms with Crippen LogP contribution in [0, 0.1) is 0 Å². The minimum Gasteiger partial charge on any atom is -0.379 e. The second kappa shape index (κ2) is 5.52. The quantitative estimate of drug-likeness (QED) is 0.646. The molecule has 0 amide bonds. The zero-order valence-electron chi connectivity index (χ0n) is 7.14. The third-order valence-corrected chi connectivity index (χ3v) is 1.73. The maximum atomic E-state index is 5.52. The summed E-state index contributed by atoms with van der Waals surface area (Å²) in [6, 6.07) is 0. The van der Waals surface area contributed by atoms with Crippen LogP contribution in [0.1, 0.15) is 13.3 Å². The third-order valence-electron chi connectivity index (χ3n) is 1.73. The molecular weight excluding hydrogens is 142 g/mol. The van der Waals surface area contributed by atoms with Gasteiger partial charge in [0.1, 0.15) is 0 Å². The molecule has 1 saturated heterocycles. The highest BCUT2D eigenvalue weighted by Crippen LogP contribution is 1.97. The van der Waals surface area contributed by atoms with Gasteiger partial charge >= 0.3 is 0 Å². The Labute approximate surface area is 68.1 Å². The fourth-order valence-electron chi connectivity index (χ4n) is 1.13. The van der Waals surface area contributed by atoms with Crippen molar-refractivity contribution in [3.8, 4) is 0 Å². The van der Waals surface area contributed by atoms with E-state index in [2.05, 4.69) is 5.32 Å². The van der Waals surface area contributed by atoms with Crippen LogP contribution in [0.5, 0.6) is 0 Å². The molecule has 66 valence electrons. The Hall–Kier alpha value is -0.120. The van der Waals surface area contributed by atoms with Crippen LogP contribution in [-0.2, 0) is 9.47 Å². The van der Waals surface area contributed by atoms with E-state index in [1.165, 1.54) is 0 Å². The van der Waals surface area contributed by atoms with Crippen molar-refractivity contribution in [2.75, 3.05) is 32.9 Å². The van der Waals surface area contributed by atoms with Crippen molar-refractivity contribution in [1.82, 2.24) is 5.32 Å². The SMILES string of the molecule is CCOCC1CNCCCO1. The molecule has 1 fully saturated rings. The molecule has 0 bridgehead atoms. The summed E-state index contributed by atoms with van der Waals surface area (Å²) in [5.41, 5.74) is 0. The molecule has 3 heteroatoms. The van der Waals surface area contributed by atoms with Crippen molar-refractivity contribution in [3.63, 3.8) is 0 Å². The van der Waals surface area contributed by atoms with Gasteiger partial charge in [0, 0.05) is 19.8 Å². The minimum atomic E-state index is 0.262. The van der Waals surface area contributed by atoms with Crippen LogP contribution < -0.4 is 5.32 Å². The Bertz CT molecular complexity index is 90.1. The summed E-state index contributed by atoms with van der Waals surface area (Å²) in [6.45, 7) is 6.38. The van der Waals surface area contributed by atoms with Crippen LogP contribution in [0.4, 0.5) is 0 Å². The summed E-state index contributed by atoms with van der Waals surface area (Å²) in [5, 5.41) is 3.30. The van der Waals surface area contributed by atoms with Gasteiger partial charge in [0.05, 0.1) is 12.7 Å². The van der Waals surface area contributed by atoms with Gasteiger partial charge in [-0.3, -0.25) is 0 Å². The summed E-state index contributed by atoms with van der Waals surface area (Å²) >= 11 is 0. The van der Waals surface area contributed by atoms with Crippen molar-refractivity contribution in [2.45, 2.75) is 19.4 Å². The molecule has 0 aromatic heterocycles. The molecule has 1 aliphatic rings. The molecule has 3 nitrogen and oxygen atoms in total. The van der Waals surface area contributed by atoms with Gasteiger partial charge < -0.3 is 14.8 Å². The second-order valence-electron chi connectivity index (χ2n) is 2.71. The normalized spacial score (nSPS) is 26.5. The lowest BCUT2D eigenvalue weighted by atomic mass is 10.4. The lowest BCUT2D eigenvalue weighted by Crippen LogP contribution is -2.30. The van der Waals surface area contributed by atoms with Crippen molar-refractivity contribution in [1.29, 1.82) is 0 Å². The van der Waals surface area contributed by atoms with E-state index in [0.29, 0.717) is 0 Å². The molecule has 1 atom stereocenters. The molecule has 1 aliphatic heterocycles. The fraction of sp³-hybridized carbons (Fsp3) is 1.00. The van der Waals surface area contributed by atoms with Gasteiger partial charge in [-0.1, -0.05) is 0 Å². The van der Waals surface area contributed by atoms with Gasteiger partial charge in [-0.15, -0.1) is 0 Å². The van der Waals surface area contributed by atoms with Crippen molar-refractivity contribution >= 4 is 0 Å². The van der Waals surface area contributed by atoms with E-state index in [4.69, 9.17) is 9.47 Å². The Morgan fingerprint density at radius 1 is 1.64 bits per heavy atom. The van der Waals surface area contributed by atoms with Gasteiger partial charge in [0.2, 0.25) is 0 Å². The first-order chi connectivity index (χ1) is 5.43. The summed E-state index contributed by atoms with van der Waals surface area (Å²) < 4.78 is 10.8. The highest BCUT2D eigenvalue weighted by Gasteiger charge is 2.10. The van der Waals surface area contributed by atoms with Crippen LogP contribution in [0.3, 0.4) is 0 Å². The number of nitrogens with one attached hydrogen (secondary N) is 1. The smallest absolute Gasteiger partial charge is 0.0932 e. The van der Waals surface area contributed by atoms with Gasteiger partial charge in [-0.2, -0.15) is 0 Å². The lowest BCUT2D eigenvalue weighted by Gasteiger charge is -2.13. The van der Waals surface area contributed by atoms with E-state index in [-0.39, 0.29) is 6.10 Å². The van der Waals surface area contributed by atoms with E-state index < -0.39 is 0 Å². The average molecular weight is 159 g/mol. The first-order valence-electron chi connectivity index (χ1n) is 4.33. The summed E-state index contributed by atoms with van der Waals surface area (Å²) in [5.74, 6) is 0. The molecule has 11 heavy (non-hydrogen) atoms. The molecule has 0 saturated carbocycles. The Morgan fingerprint density at radius 2 is 2.55 bits per heavy atom. The maximum Gasteiger partial charge on any atom is 0.0932 e. The zero-order valence-corrected chi connectivity index (χ0v) is 7.14. The van der Waals surface area contributed by atoms with Crippen molar-refractivity contribution in [2.24, 2.45) is 0 Å². The maximum absolute atomic E-state index is 5.52. The van der Waals surface area contributed by atoms with E-state index in [1.807, 2.05) is 6.92 Å². The monoisotopic (exact) mass is 159 g/mol. The summed E-state index contributed by atoms with van der Waals surface area (Å²) in [7, 11) is 0. The van der Waals surface area contributed by atoms with Gasteiger partial charge in [-0.05, 0) is 19.9 Å². The summed E-state index contributed by atoms with van der Waals surface area (Å²) in [4.78, 5) is 0. The van der Waals surface area contributed by atoms with Gasteiger partial charge in [0.15, 0.2) is 0 Å². The van der Waals surface area contributed by atoms with Crippen LogP contribution in [0.15, 0.2) is 0 Å². The molecule has 1 heterocycles. The van der Waals surface area contributed by atoms with Crippen molar-refractivity contribution in [3.05, 3.63) is 0 Å². The fourth-order valence-corrected chi connectivity index (χ4v) is 1.13. The Kier molecular flexibility index (Phi) is 4.50. The standard InChI is InChI=1S/C8H17NO2/c1-2-10-7-8-6-9-4-3-5-11-8/h8-9H,2-7H2,1H3. The van der Waals surface area contributed by atoms with E-state index in [1.54, 1.807) is 0 Å². The number of rotatable bonds is 3. The lowest BCUT2D eigenvalue weighted by molar-refractivity contribution is -0.00383. The summed E-state index contributed by atoms with van der Waals surface area (Å²) in [6.07, 6.45) is 1.38.